The molecule has 0 unspecified atom stereocenters. The lowest BCUT2D eigenvalue weighted by Gasteiger charge is -2.04. The number of benzene rings is 1. The lowest BCUT2D eigenvalue weighted by atomic mass is 10.2. The Bertz CT molecular complexity index is 645. The standard InChI is InChI=1S/C13H15NO3S2/c1-3-11-8-14-13(18-11)9-17-19(15,16)12-6-4-10(2)5-7-12/h4-8H,3,9H2,1-2H3. The Labute approximate surface area is 117 Å². The molecule has 6 heteroatoms. The maximum absolute atomic E-state index is 11.9. The van der Waals surface area contributed by atoms with E-state index in [4.69, 9.17) is 4.18 Å². The van der Waals surface area contributed by atoms with E-state index in [1.165, 1.54) is 11.3 Å². The number of rotatable bonds is 5. The van der Waals surface area contributed by atoms with Crippen LogP contribution in [0.15, 0.2) is 35.4 Å². The van der Waals surface area contributed by atoms with Gasteiger partial charge in [-0.15, -0.1) is 11.3 Å². The first-order chi connectivity index (χ1) is 9.01. The Morgan fingerprint density at radius 2 is 1.95 bits per heavy atom. The van der Waals surface area contributed by atoms with E-state index < -0.39 is 10.1 Å². The quantitative estimate of drug-likeness (QED) is 0.796. The van der Waals surface area contributed by atoms with Crippen LogP contribution in [0.5, 0.6) is 0 Å². The molecule has 0 saturated heterocycles. The van der Waals surface area contributed by atoms with Crippen LogP contribution in [0, 0.1) is 6.92 Å². The number of thiazole rings is 1. The number of aryl methyl sites for hydroxylation is 2. The van der Waals surface area contributed by atoms with Gasteiger partial charge in [0.2, 0.25) is 0 Å². The average molecular weight is 297 g/mol. The Morgan fingerprint density at radius 3 is 2.53 bits per heavy atom. The van der Waals surface area contributed by atoms with E-state index in [9.17, 15) is 8.42 Å². The van der Waals surface area contributed by atoms with E-state index >= 15 is 0 Å². The van der Waals surface area contributed by atoms with Crippen LogP contribution < -0.4 is 0 Å². The van der Waals surface area contributed by atoms with Crippen LogP contribution in [0.3, 0.4) is 0 Å². The van der Waals surface area contributed by atoms with E-state index in [0.29, 0.717) is 5.01 Å². The summed E-state index contributed by atoms with van der Waals surface area (Å²) < 4.78 is 28.9. The summed E-state index contributed by atoms with van der Waals surface area (Å²) >= 11 is 1.47. The van der Waals surface area contributed by atoms with E-state index in [1.807, 2.05) is 13.8 Å². The molecular formula is C13H15NO3S2. The highest BCUT2D eigenvalue weighted by Gasteiger charge is 2.15. The van der Waals surface area contributed by atoms with Crippen molar-refractivity contribution in [3.05, 3.63) is 45.9 Å². The third-order valence-corrected chi connectivity index (χ3v) is 4.99. The maximum atomic E-state index is 11.9. The van der Waals surface area contributed by atoms with E-state index in [2.05, 4.69) is 4.98 Å². The molecule has 1 aromatic carbocycles. The zero-order valence-corrected chi connectivity index (χ0v) is 12.4. The molecule has 0 fully saturated rings. The zero-order chi connectivity index (χ0) is 13.9. The largest absolute Gasteiger partial charge is 0.297 e. The molecule has 1 heterocycles. The highest BCUT2D eigenvalue weighted by Crippen LogP contribution is 2.18. The predicted octanol–water partition coefficient (Wildman–Crippen LogP) is 2.92. The molecule has 102 valence electrons. The molecule has 0 N–H and O–H groups in total. The van der Waals surface area contributed by atoms with Crippen LogP contribution in [-0.2, 0) is 27.3 Å². The van der Waals surface area contributed by atoms with Crippen molar-refractivity contribution in [1.82, 2.24) is 4.98 Å². The van der Waals surface area contributed by atoms with Gasteiger partial charge in [-0.25, -0.2) is 4.98 Å². The Balaban J connectivity index is 2.07. The smallest absolute Gasteiger partial charge is 0.259 e. The molecule has 0 radical (unpaired) electrons. The number of hydrogen-bond donors (Lipinski definition) is 0. The van der Waals surface area contributed by atoms with Crippen molar-refractivity contribution < 1.29 is 12.6 Å². The zero-order valence-electron chi connectivity index (χ0n) is 10.8. The second kappa shape index (κ2) is 5.81. The Hall–Kier alpha value is -1.24. The SMILES string of the molecule is CCc1cnc(COS(=O)(=O)c2ccc(C)cc2)s1. The number of hydrogen-bond acceptors (Lipinski definition) is 5. The van der Waals surface area contributed by atoms with Gasteiger partial charge in [0.1, 0.15) is 11.6 Å². The van der Waals surface area contributed by atoms with Gasteiger partial charge in [-0.1, -0.05) is 24.6 Å². The Morgan fingerprint density at radius 1 is 1.26 bits per heavy atom. The van der Waals surface area contributed by atoms with Gasteiger partial charge in [0.05, 0.1) is 4.90 Å². The second-order valence-electron chi connectivity index (χ2n) is 4.10. The Kier molecular flexibility index (Phi) is 4.34. The molecule has 19 heavy (non-hydrogen) atoms. The van der Waals surface area contributed by atoms with Crippen LogP contribution in [0.4, 0.5) is 0 Å². The lowest BCUT2D eigenvalue weighted by Crippen LogP contribution is -2.06. The highest BCUT2D eigenvalue weighted by molar-refractivity contribution is 7.86. The molecular weight excluding hydrogens is 282 g/mol. The van der Waals surface area contributed by atoms with Crippen LogP contribution in [0.1, 0.15) is 22.4 Å². The molecule has 0 aliphatic heterocycles. The van der Waals surface area contributed by atoms with Gasteiger partial charge in [-0.3, -0.25) is 4.18 Å². The van der Waals surface area contributed by atoms with Gasteiger partial charge >= 0.3 is 0 Å². The minimum atomic E-state index is -3.71. The van der Waals surface area contributed by atoms with Gasteiger partial charge in [-0.2, -0.15) is 8.42 Å². The summed E-state index contributed by atoms with van der Waals surface area (Å²) in [5.74, 6) is 0. The molecule has 2 rings (SSSR count). The van der Waals surface area contributed by atoms with Crippen molar-refractivity contribution in [1.29, 1.82) is 0 Å². The molecule has 0 saturated carbocycles. The highest BCUT2D eigenvalue weighted by atomic mass is 32.2. The van der Waals surface area contributed by atoms with Crippen molar-refractivity contribution in [2.75, 3.05) is 0 Å². The maximum Gasteiger partial charge on any atom is 0.297 e. The number of aromatic nitrogens is 1. The van der Waals surface area contributed by atoms with Crippen molar-refractivity contribution in [3.8, 4) is 0 Å². The molecule has 1 aromatic heterocycles. The topological polar surface area (TPSA) is 56.3 Å². The summed E-state index contributed by atoms with van der Waals surface area (Å²) in [6.45, 7) is 3.92. The van der Waals surface area contributed by atoms with E-state index in [-0.39, 0.29) is 11.5 Å². The van der Waals surface area contributed by atoms with Gasteiger partial charge in [-0.05, 0) is 25.5 Å². The van der Waals surface area contributed by atoms with E-state index in [1.54, 1.807) is 30.5 Å². The molecule has 0 bridgehead atoms. The van der Waals surface area contributed by atoms with Crippen LogP contribution in [0.25, 0.3) is 0 Å². The molecule has 0 amide bonds. The molecule has 4 nitrogen and oxygen atoms in total. The molecule has 0 aliphatic carbocycles. The molecule has 2 aromatic rings. The minimum absolute atomic E-state index is 0.0130. The summed E-state index contributed by atoms with van der Waals surface area (Å²) in [5.41, 5.74) is 1.01. The van der Waals surface area contributed by atoms with Gasteiger partial charge in [0.25, 0.3) is 10.1 Å². The van der Waals surface area contributed by atoms with Gasteiger partial charge in [0.15, 0.2) is 0 Å². The average Bonchev–Trinajstić information content (AvgIpc) is 2.85. The summed E-state index contributed by atoms with van der Waals surface area (Å²) in [4.78, 5) is 5.42. The lowest BCUT2D eigenvalue weighted by molar-refractivity contribution is 0.307. The van der Waals surface area contributed by atoms with Gasteiger partial charge < -0.3 is 0 Å². The molecule has 0 atom stereocenters. The summed E-state index contributed by atoms with van der Waals surface area (Å²) in [5, 5.41) is 0.674. The van der Waals surface area contributed by atoms with Crippen molar-refractivity contribution in [2.45, 2.75) is 31.8 Å². The van der Waals surface area contributed by atoms with Crippen molar-refractivity contribution in [2.24, 2.45) is 0 Å². The summed E-state index contributed by atoms with van der Waals surface area (Å²) in [6.07, 6.45) is 2.64. The first kappa shape index (κ1) is 14.2. The van der Waals surface area contributed by atoms with Crippen LogP contribution in [0.2, 0.25) is 0 Å². The third kappa shape index (κ3) is 3.62. The summed E-state index contributed by atoms with van der Waals surface area (Å²) in [6, 6.07) is 6.58. The molecule has 0 spiro atoms. The minimum Gasteiger partial charge on any atom is -0.259 e. The van der Waals surface area contributed by atoms with Crippen LogP contribution >= 0.6 is 11.3 Å². The fraction of sp³-hybridized carbons (Fsp3) is 0.308. The third-order valence-electron chi connectivity index (χ3n) is 2.60. The first-order valence-corrected chi connectivity index (χ1v) is 8.13. The monoisotopic (exact) mass is 297 g/mol. The fourth-order valence-corrected chi connectivity index (χ4v) is 3.20. The van der Waals surface area contributed by atoms with Crippen LogP contribution in [-0.4, -0.2) is 13.4 Å². The predicted molar refractivity (Wildman–Crippen MR) is 74.6 cm³/mol. The van der Waals surface area contributed by atoms with Gasteiger partial charge in [0, 0.05) is 11.1 Å². The van der Waals surface area contributed by atoms with Crippen molar-refractivity contribution >= 4 is 21.5 Å². The first-order valence-electron chi connectivity index (χ1n) is 5.91. The summed E-state index contributed by atoms with van der Waals surface area (Å²) in [7, 11) is -3.71. The van der Waals surface area contributed by atoms with Crippen molar-refractivity contribution in [3.63, 3.8) is 0 Å². The fourth-order valence-electron chi connectivity index (χ4n) is 1.48. The molecule has 0 aliphatic rings. The van der Waals surface area contributed by atoms with E-state index in [0.717, 1.165) is 16.9 Å². The normalized spacial score (nSPS) is 11.7. The second-order valence-corrected chi connectivity index (χ2v) is 6.92. The number of nitrogens with zero attached hydrogens (tertiary/aromatic N) is 1.